The molecule has 122 valence electrons. The Bertz CT molecular complexity index is 708. The zero-order valence-corrected chi connectivity index (χ0v) is 13.6. The first-order valence-corrected chi connectivity index (χ1v) is 7.50. The van der Waals surface area contributed by atoms with Gasteiger partial charge in [-0.2, -0.15) is 5.10 Å². The van der Waals surface area contributed by atoms with Gasteiger partial charge in [0.05, 0.1) is 5.69 Å². The molecule has 3 N–H and O–H groups in total. The van der Waals surface area contributed by atoms with Crippen molar-refractivity contribution in [2.45, 2.75) is 32.2 Å². The lowest BCUT2D eigenvalue weighted by Gasteiger charge is -2.25. The average molecular weight is 336 g/mol. The van der Waals surface area contributed by atoms with Crippen molar-refractivity contribution in [1.82, 2.24) is 15.5 Å². The Morgan fingerprint density at radius 3 is 2.57 bits per heavy atom. The summed E-state index contributed by atoms with van der Waals surface area (Å²) in [6.07, 6.45) is 0.332. The number of nitrogens with zero attached hydrogens (tertiary/aromatic N) is 1. The molecule has 0 atom stereocenters. The lowest BCUT2D eigenvalue weighted by Crippen LogP contribution is -2.43. The Kier molecular flexibility index (Phi) is 5.05. The Morgan fingerprint density at radius 1 is 1.30 bits per heavy atom. The molecule has 1 aromatic carbocycles. The summed E-state index contributed by atoms with van der Waals surface area (Å²) in [6, 6.07) is 8.78. The third-order valence-electron chi connectivity index (χ3n) is 3.38. The summed E-state index contributed by atoms with van der Waals surface area (Å²) in [4.78, 5) is 22.9. The second kappa shape index (κ2) is 6.83. The third kappa shape index (κ3) is 4.82. The number of halogens is 1. The molecule has 7 heteroatoms. The fourth-order valence-electron chi connectivity index (χ4n) is 2.06. The standard InChI is InChI=1S/C16H18ClN3O3/c1-16(2,8-7-14(21)22)18-15(23)13-9-12(19-20-13)10-3-5-11(17)6-4-10/h3-6,9H,7-8H2,1-2H3,(H,18,23)(H,19,20)(H,21,22). The van der Waals surface area contributed by atoms with Crippen molar-refractivity contribution in [2.24, 2.45) is 0 Å². The van der Waals surface area contributed by atoms with E-state index in [1.807, 2.05) is 12.1 Å². The van der Waals surface area contributed by atoms with Crippen LogP contribution in [0, 0.1) is 0 Å². The smallest absolute Gasteiger partial charge is 0.303 e. The van der Waals surface area contributed by atoms with Gasteiger partial charge < -0.3 is 10.4 Å². The van der Waals surface area contributed by atoms with Crippen LogP contribution < -0.4 is 5.32 Å². The number of aromatic nitrogens is 2. The number of aromatic amines is 1. The van der Waals surface area contributed by atoms with Gasteiger partial charge in [0.2, 0.25) is 0 Å². The van der Waals surface area contributed by atoms with Crippen LogP contribution in [0.4, 0.5) is 0 Å². The molecule has 0 aliphatic carbocycles. The summed E-state index contributed by atoms with van der Waals surface area (Å²) in [7, 11) is 0. The van der Waals surface area contributed by atoms with E-state index in [-0.39, 0.29) is 12.3 Å². The molecular weight excluding hydrogens is 318 g/mol. The van der Waals surface area contributed by atoms with Crippen LogP contribution in [0.2, 0.25) is 5.02 Å². The lowest BCUT2D eigenvalue weighted by molar-refractivity contribution is -0.137. The first kappa shape index (κ1) is 17.0. The van der Waals surface area contributed by atoms with Crippen molar-refractivity contribution in [3.8, 4) is 11.3 Å². The number of carbonyl (C=O) groups is 2. The van der Waals surface area contributed by atoms with E-state index in [2.05, 4.69) is 15.5 Å². The zero-order chi connectivity index (χ0) is 17.0. The molecule has 1 amide bonds. The summed E-state index contributed by atoms with van der Waals surface area (Å²) in [5, 5.41) is 19.0. The quantitative estimate of drug-likeness (QED) is 0.755. The van der Waals surface area contributed by atoms with E-state index in [4.69, 9.17) is 16.7 Å². The molecule has 0 saturated carbocycles. The van der Waals surface area contributed by atoms with Gasteiger partial charge in [0.25, 0.3) is 5.91 Å². The molecule has 0 fully saturated rings. The van der Waals surface area contributed by atoms with Crippen LogP contribution in [0.1, 0.15) is 37.2 Å². The van der Waals surface area contributed by atoms with Crippen molar-refractivity contribution in [3.63, 3.8) is 0 Å². The fourth-order valence-corrected chi connectivity index (χ4v) is 2.19. The van der Waals surface area contributed by atoms with Gasteiger partial charge in [-0.25, -0.2) is 0 Å². The molecule has 2 rings (SSSR count). The number of carbonyl (C=O) groups excluding carboxylic acids is 1. The highest BCUT2D eigenvalue weighted by Gasteiger charge is 2.23. The number of nitrogens with one attached hydrogen (secondary N) is 2. The van der Waals surface area contributed by atoms with Crippen LogP contribution in [0.25, 0.3) is 11.3 Å². The summed E-state index contributed by atoms with van der Waals surface area (Å²) in [6.45, 7) is 3.56. The number of hydrogen-bond acceptors (Lipinski definition) is 3. The molecule has 0 aliphatic heterocycles. The summed E-state index contributed by atoms with van der Waals surface area (Å²) in [5.74, 6) is -1.22. The normalized spacial score (nSPS) is 11.3. The minimum Gasteiger partial charge on any atom is -0.481 e. The maximum absolute atomic E-state index is 12.3. The van der Waals surface area contributed by atoms with E-state index in [9.17, 15) is 9.59 Å². The third-order valence-corrected chi connectivity index (χ3v) is 3.63. The van der Waals surface area contributed by atoms with Crippen LogP contribution in [0.15, 0.2) is 30.3 Å². The van der Waals surface area contributed by atoms with Crippen LogP contribution in [-0.4, -0.2) is 32.7 Å². The summed E-state index contributed by atoms with van der Waals surface area (Å²) in [5.41, 5.74) is 1.17. The molecule has 0 saturated heterocycles. The maximum atomic E-state index is 12.3. The van der Waals surface area contributed by atoms with Gasteiger partial charge in [0.15, 0.2) is 0 Å². The summed E-state index contributed by atoms with van der Waals surface area (Å²) < 4.78 is 0. The number of aliphatic carboxylic acids is 1. The highest BCUT2D eigenvalue weighted by atomic mass is 35.5. The zero-order valence-electron chi connectivity index (χ0n) is 12.9. The monoisotopic (exact) mass is 335 g/mol. The number of carboxylic acids is 1. The van der Waals surface area contributed by atoms with Gasteiger partial charge >= 0.3 is 5.97 Å². The van der Waals surface area contributed by atoms with Gasteiger partial charge in [-0.1, -0.05) is 23.7 Å². The molecule has 6 nitrogen and oxygen atoms in total. The van der Waals surface area contributed by atoms with Crippen LogP contribution in [-0.2, 0) is 4.79 Å². The van der Waals surface area contributed by atoms with E-state index in [0.29, 0.717) is 22.8 Å². The molecule has 1 heterocycles. The molecule has 0 bridgehead atoms. The number of amides is 1. The topological polar surface area (TPSA) is 95.1 Å². The van der Waals surface area contributed by atoms with E-state index < -0.39 is 11.5 Å². The molecular formula is C16H18ClN3O3. The molecule has 0 radical (unpaired) electrons. The molecule has 0 aliphatic rings. The fraction of sp³-hybridized carbons (Fsp3) is 0.312. The SMILES string of the molecule is CC(C)(CCC(=O)O)NC(=O)c1cc(-c2ccc(Cl)cc2)n[nH]1. The maximum Gasteiger partial charge on any atom is 0.303 e. The first-order chi connectivity index (χ1) is 10.8. The van der Waals surface area contributed by atoms with Gasteiger partial charge in [-0.3, -0.25) is 14.7 Å². The van der Waals surface area contributed by atoms with Gasteiger partial charge in [-0.05, 0) is 38.5 Å². The number of rotatable bonds is 6. The van der Waals surface area contributed by atoms with Crippen molar-refractivity contribution in [3.05, 3.63) is 41.0 Å². The van der Waals surface area contributed by atoms with E-state index >= 15 is 0 Å². The van der Waals surface area contributed by atoms with Crippen molar-refractivity contribution < 1.29 is 14.7 Å². The second-order valence-electron chi connectivity index (χ2n) is 5.91. The van der Waals surface area contributed by atoms with Gasteiger partial charge in [-0.15, -0.1) is 0 Å². The molecule has 0 unspecified atom stereocenters. The predicted octanol–water partition coefficient (Wildman–Crippen LogP) is 3.10. The second-order valence-corrected chi connectivity index (χ2v) is 6.34. The Morgan fingerprint density at radius 2 is 1.96 bits per heavy atom. The van der Waals surface area contributed by atoms with E-state index in [0.717, 1.165) is 5.56 Å². The van der Waals surface area contributed by atoms with Gasteiger partial charge in [0, 0.05) is 22.5 Å². The largest absolute Gasteiger partial charge is 0.481 e. The minimum absolute atomic E-state index is 0.00766. The lowest BCUT2D eigenvalue weighted by atomic mass is 9.98. The van der Waals surface area contributed by atoms with Crippen molar-refractivity contribution >= 4 is 23.5 Å². The van der Waals surface area contributed by atoms with E-state index in [1.165, 1.54) is 0 Å². The van der Waals surface area contributed by atoms with Gasteiger partial charge in [0.1, 0.15) is 5.69 Å². The van der Waals surface area contributed by atoms with E-state index in [1.54, 1.807) is 32.0 Å². The predicted molar refractivity (Wildman–Crippen MR) is 87.4 cm³/mol. The van der Waals surface area contributed by atoms with Crippen molar-refractivity contribution in [1.29, 1.82) is 0 Å². The molecule has 0 spiro atoms. The first-order valence-electron chi connectivity index (χ1n) is 7.12. The molecule has 23 heavy (non-hydrogen) atoms. The Balaban J connectivity index is 2.06. The Labute approximate surface area is 138 Å². The minimum atomic E-state index is -0.890. The summed E-state index contributed by atoms with van der Waals surface area (Å²) >= 11 is 5.85. The number of benzene rings is 1. The van der Waals surface area contributed by atoms with Crippen LogP contribution in [0.3, 0.4) is 0 Å². The Hall–Kier alpha value is -2.34. The number of H-pyrrole nitrogens is 1. The van der Waals surface area contributed by atoms with Crippen molar-refractivity contribution in [2.75, 3.05) is 0 Å². The van der Waals surface area contributed by atoms with Crippen LogP contribution >= 0.6 is 11.6 Å². The number of hydrogen-bond donors (Lipinski definition) is 3. The average Bonchev–Trinajstić information content (AvgIpc) is 2.95. The molecule has 2 aromatic rings. The molecule has 1 aromatic heterocycles. The highest BCUT2D eigenvalue weighted by molar-refractivity contribution is 6.30. The highest BCUT2D eigenvalue weighted by Crippen LogP contribution is 2.20. The van der Waals surface area contributed by atoms with Crippen LogP contribution in [0.5, 0.6) is 0 Å². The number of carboxylic acid groups (broad SMARTS) is 1.